The van der Waals surface area contributed by atoms with Gasteiger partial charge in [0.25, 0.3) is 12.3 Å². The number of hydrogen-bond donors (Lipinski definition) is 2. The largest absolute Gasteiger partial charge is 0.382 e. The molecule has 0 spiro atoms. The molecule has 1 atom stereocenters. The summed E-state index contributed by atoms with van der Waals surface area (Å²) in [7, 11) is 0. The molecular formula is C10H6F5NO2. The molecule has 1 amide bonds. The normalized spacial score (nSPS) is 18.7. The van der Waals surface area contributed by atoms with E-state index in [-0.39, 0.29) is 0 Å². The number of rotatable bonds is 2. The Balaban J connectivity index is 2.66. The maximum absolute atomic E-state index is 13.5. The van der Waals surface area contributed by atoms with Crippen molar-refractivity contribution >= 4 is 11.6 Å². The summed E-state index contributed by atoms with van der Waals surface area (Å²) in [5.74, 6) is -6.93. The molecule has 0 saturated heterocycles. The van der Waals surface area contributed by atoms with Crippen LogP contribution in [-0.2, 0) is 10.7 Å². The van der Waals surface area contributed by atoms with Crippen LogP contribution in [0.2, 0.25) is 0 Å². The van der Waals surface area contributed by atoms with Crippen molar-refractivity contribution in [1.82, 2.24) is 0 Å². The maximum atomic E-state index is 13.5. The molecule has 1 unspecified atom stereocenters. The molecule has 0 aliphatic carbocycles. The zero-order valence-corrected chi connectivity index (χ0v) is 8.55. The molecule has 0 fully saturated rings. The van der Waals surface area contributed by atoms with E-state index in [4.69, 9.17) is 5.11 Å². The van der Waals surface area contributed by atoms with Gasteiger partial charge in [0, 0.05) is 5.56 Å². The third-order valence-corrected chi connectivity index (χ3v) is 2.54. The number of carbonyl (C=O) groups is 1. The van der Waals surface area contributed by atoms with Crippen LogP contribution in [0, 0.1) is 5.82 Å². The van der Waals surface area contributed by atoms with E-state index in [0.29, 0.717) is 12.1 Å². The molecule has 1 aliphatic rings. The lowest BCUT2D eigenvalue weighted by Gasteiger charge is -2.16. The highest BCUT2D eigenvalue weighted by molar-refractivity contribution is 6.04. The number of fused-ring (bicyclic) bond motifs is 1. The molecule has 98 valence electrons. The fourth-order valence-electron chi connectivity index (χ4n) is 1.76. The summed E-state index contributed by atoms with van der Waals surface area (Å²) >= 11 is 0. The van der Waals surface area contributed by atoms with Gasteiger partial charge in [-0.25, -0.2) is 13.2 Å². The number of carbonyl (C=O) groups excluding carboxylic acids is 1. The standard InChI is InChI=1S/C10H6F5NO2/c11-3-1-4(7(17)8(12)13)6-5(2-3)16-9(18)10(6,14)15/h1-2,7-8,17H,(H,16,18). The number of alkyl halides is 4. The van der Waals surface area contributed by atoms with Crippen LogP contribution >= 0.6 is 0 Å². The second-order valence-electron chi connectivity index (χ2n) is 3.73. The van der Waals surface area contributed by atoms with Gasteiger partial charge in [-0.3, -0.25) is 4.79 Å². The maximum Gasteiger partial charge on any atom is 0.352 e. The summed E-state index contributed by atoms with van der Waals surface area (Å²) in [5, 5.41) is 10.8. The Kier molecular flexibility index (Phi) is 2.77. The van der Waals surface area contributed by atoms with Crippen molar-refractivity contribution in [1.29, 1.82) is 0 Å². The first kappa shape index (κ1) is 12.7. The van der Waals surface area contributed by atoms with Crippen LogP contribution in [0.4, 0.5) is 27.6 Å². The predicted octanol–water partition coefficient (Wildman–Crippen LogP) is 2.17. The number of hydrogen-bond acceptors (Lipinski definition) is 2. The van der Waals surface area contributed by atoms with Crippen LogP contribution in [0.3, 0.4) is 0 Å². The molecular weight excluding hydrogens is 261 g/mol. The fourth-order valence-corrected chi connectivity index (χ4v) is 1.76. The Morgan fingerprint density at radius 3 is 2.44 bits per heavy atom. The summed E-state index contributed by atoms with van der Waals surface area (Å²) in [5.41, 5.74) is -2.72. The Labute approximate surface area is 97.2 Å². The Bertz CT molecular complexity index is 517. The van der Waals surface area contributed by atoms with E-state index in [2.05, 4.69) is 0 Å². The first-order valence-electron chi connectivity index (χ1n) is 4.74. The minimum atomic E-state index is -4.08. The third-order valence-electron chi connectivity index (χ3n) is 2.54. The zero-order chi connectivity index (χ0) is 13.7. The van der Waals surface area contributed by atoms with E-state index in [9.17, 15) is 26.7 Å². The van der Waals surface area contributed by atoms with Crippen molar-refractivity contribution in [3.63, 3.8) is 0 Å². The van der Waals surface area contributed by atoms with E-state index < -0.39 is 47.0 Å². The molecule has 2 N–H and O–H groups in total. The third kappa shape index (κ3) is 1.72. The molecule has 0 saturated carbocycles. The van der Waals surface area contributed by atoms with Crippen LogP contribution < -0.4 is 5.32 Å². The second kappa shape index (κ2) is 3.91. The Morgan fingerprint density at radius 2 is 1.89 bits per heavy atom. The van der Waals surface area contributed by atoms with Crippen molar-refractivity contribution in [2.45, 2.75) is 18.5 Å². The number of halogens is 5. The summed E-state index contributed by atoms with van der Waals surface area (Å²) in [6.45, 7) is 0. The number of aliphatic hydroxyl groups excluding tert-OH is 1. The molecule has 0 bridgehead atoms. The summed E-state index contributed by atoms with van der Waals surface area (Å²) in [4.78, 5) is 11.0. The minimum absolute atomic E-state index is 0.365. The van der Waals surface area contributed by atoms with Crippen molar-refractivity contribution in [3.05, 3.63) is 29.1 Å². The lowest BCUT2D eigenvalue weighted by molar-refractivity contribution is -0.139. The lowest BCUT2D eigenvalue weighted by atomic mass is 9.97. The highest BCUT2D eigenvalue weighted by Crippen LogP contribution is 2.45. The van der Waals surface area contributed by atoms with E-state index in [1.807, 2.05) is 0 Å². The molecule has 2 rings (SSSR count). The highest BCUT2D eigenvalue weighted by Gasteiger charge is 2.51. The van der Waals surface area contributed by atoms with Crippen LogP contribution in [0.25, 0.3) is 0 Å². The van der Waals surface area contributed by atoms with Crippen molar-refractivity contribution < 1.29 is 31.9 Å². The first-order chi connectivity index (χ1) is 8.25. The van der Waals surface area contributed by atoms with Crippen LogP contribution in [0.1, 0.15) is 17.2 Å². The SMILES string of the molecule is O=C1Nc2cc(F)cc(C(O)C(F)F)c2C1(F)F. The quantitative estimate of drug-likeness (QED) is 0.807. The Morgan fingerprint density at radius 1 is 1.28 bits per heavy atom. The molecule has 1 aliphatic heterocycles. The summed E-state index contributed by atoms with van der Waals surface area (Å²) < 4.78 is 64.7. The van der Waals surface area contributed by atoms with Gasteiger partial charge >= 0.3 is 5.92 Å². The minimum Gasteiger partial charge on any atom is -0.382 e. The highest BCUT2D eigenvalue weighted by atomic mass is 19.3. The van der Waals surface area contributed by atoms with Crippen LogP contribution in [0.15, 0.2) is 12.1 Å². The number of anilines is 1. The van der Waals surface area contributed by atoms with Gasteiger partial charge < -0.3 is 10.4 Å². The van der Waals surface area contributed by atoms with Crippen molar-refractivity contribution in [3.8, 4) is 0 Å². The predicted molar refractivity (Wildman–Crippen MR) is 49.9 cm³/mol. The summed E-state index contributed by atoms with van der Waals surface area (Å²) in [6.07, 6.45) is -5.96. The molecule has 1 aromatic carbocycles. The fraction of sp³-hybridized carbons (Fsp3) is 0.300. The van der Waals surface area contributed by atoms with Gasteiger partial charge in [-0.2, -0.15) is 8.78 Å². The van der Waals surface area contributed by atoms with Gasteiger partial charge in [0.1, 0.15) is 11.9 Å². The topological polar surface area (TPSA) is 49.3 Å². The first-order valence-corrected chi connectivity index (χ1v) is 4.74. The molecule has 3 nitrogen and oxygen atoms in total. The molecule has 8 heteroatoms. The molecule has 18 heavy (non-hydrogen) atoms. The van der Waals surface area contributed by atoms with E-state index in [1.165, 1.54) is 0 Å². The number of amides is 1. The van der Waals surface area contributed by atoms with Gasteiger partial charge in [0.2, 0.25) is 0 Å². The average molecular weight is 267 g/mol. The van der Waals surface area contributed by atoms with E-state index >= 15 is 0 Å². The molecule has 1 heterocycles. The van der Waals surface area contributed by atoms with Gasteiger partial charge in [-0.05, 0) is 12.1 Å². The van der Waals surface area contributed by atoms with Crippen molar-refractivity contribution in [2.75, 3.05) is 5.32 Å². The lowest BCUT2D eigenvalue weighted by Crippen LogP contribution is -2.25. The smallest absolute Gasteiger partial charge is 0.352 e. The molecule has 1 aromatic rings. The molecule has 0 radical (unpaired) electrons. The second-order valence-corrected chi connectivity index (χ2v) is 3.73. The van der Waals surface area contributed by atoms with Crippen LogP contribution in [0.5, 0.6) is 0 Å². The zero-order valence-electron chi connectivity index (χ0n) is 8.55. The molecule has 0 aromatic heterocycles. The van der Waals surface area contributed by atoms with E-state index in [0.717, 1.165) is 0 Å². The Hall–Kier alpha value is -1.70. The summed E-state index contributed by atoms with van der Waals surface area (Å²) in [6, 6.07) is 0.944. The number of benzene rings is 1. The van der Waals surface area contributed by atoms with Gasteiger partial charge in [-0.15, -0.1) is 0 Å². The van der Waals surface area contributed by atoms with Crippen LogP contribution in [-0.4, -0.2) is 17.4 Å². The average Bonchev–Trinajstić information content (AvgIpc) is 2.47. The van der Waals surface area contributed by atoms with Gasteiger partial charge in [0.15, 0.2) is 0 Å². The number of aliphatic hydroxyl groups is 1. The number of nitrogens with one attached hydrogen (secondary N) is 1. The van der Waals surface area contributed by atoms with Gasteiger partial charge in [-0.1, -0.05) is 0 Å². The monoisotopic (exact) mass is 267 g/mol. The van der Waals surface area contributed by atoms with E-state index in [1.54, 1.807) is 5.32 Å². The van der Waals surface area contributed by atoms with Gasteiger partial charge in [0.05, 0.1) is 11.3 Å². The van der Waals surface area contributed by atoms with Crippen molar-refractivity contribution in [2.24, 2.45) is 0 Å².